The van der Waals surface area contributed by atoms with Crippen molar-refractivity contribution in [2.45, 2.75) is 13.5 Å². The van der Waals surface area contributed by atoms with E-state index in [4.69, 9.17) is 0 Å². The predicted octanol–water partition coefficient (Wildman–Crippen LogP) is 3.59. The van der Waals surface area contributed by atoms with Crippen LogP contribution in [0.3, 0.4) is 0 Å². The van der Waals surface area contributed by atoms with Crippen molar-refractivity contribution in [2.75, 3.05) is 0 Å². The van der Waals surface area contributed by atoms with Crippen LogP contribution >= 0.6 is 33.9 Å². The molecule has 2 nitrogen and oxygen atoms in total. The molecule has 2 rings (SSSR count). The smallest absolute Gasteiger partial charge is 0.251 e. The van der Waals surface area contributed by atoms with Crippen molar-refractivity contribution in [3.05, 3.63) is 55.3 Å². The van der Waals surface area contributed by atoms with Crippen molar-refractivity contribution in [3.8, 4) is 0 Å². The van der Waals surface area contributed by atoms with E-state index in [2.05, 4.69) is 40.9 Å². The highest BCUT2D eigenvalue weighted by Crippen LogP contribution is 2.15. The van der Waals surface area contributed by atoms with Gasteiger partial charge in [0, 0.05) is 14.0 Å². The third kappa shape index (κ3) is 3.29. The summed E-state index contributed by atoms with van der Waals surface area (Å²) in [4.78, 5) is 13.1. The minimum absolute atomic E-state index is 0.0193. The normalized spacial score (nSPS) is 10.2. The molecule has 0 saturated carbocycles. The van der Waals surface area contributed by atoms with Crippen molar-refractivity contribution in [1.29, 1.82) is 0 Å². The Balaban J connectivity index is 1.98. The summed E-state index contributed by atoms with van der Waals surface area (Å²) in [6.45, 7) is 2.66. The van der Waals surface area contributed by atoms with Gasteiger partial charge in [-0.05, 0) is 70.8 Å². The summed E-state index contributed by atoms with van der Waals surface area (Å²) in [5.74, 6) is -0.0193. The number of thiophene rings is 1. The van der Waals surface area contributed by atoms with Crippen LogP contribution in [0.25, 0.3) is 0 Å². The summed E-state index contributed by atoms with van der Waals surface area (Å²) in [5.41, 5.74) is 1.94. The second kappa shape index (κ2) is 5.64. The summed E-state index contributed by atoms with van der Waals surface area (Å²) in [5, 5.41) is 4.97. The number of halogens is 1. The van der Waals surface area contributed by atoms with Gasteiger partial charge in [0.1, 0.15) is 0 Å². The molecule has 0 unspecified atom stereocenters. The van der Waals surface area contributed by atoms with Gasteiger partial charge >= 0.3 is 0 Å². The first kappa shape index (κ1) is 12.6. The van der Waals surface area contributed by atoms with E-state index in [1.54, 1.807) is 11.3 Å². The van der Waals surface area contributed by atoms with Crippen LogP contribution in [0.4, 0.5) is 0 Å². The standard InChI is InChI=1S/C13H12INOS/c1-9-6-7-17-12(9)8-15-13(16)10-2-4-11(14)5-3-10/h2-7H,8H2,1H3,(H,15,16). The van der Waals surface area contributed by atoms with Crippen LogP contribution in [0, 0.1) is 10.5 Å². The molecule has 0 radical (unpaired) electrons. The van der Waals surface area contributed by atoms with Gasteiger partial charge in [0.15, 0.2) is 0 Å². The number of carbonyl (C=O) groups excluding carboxylic acids is 1. The van der Waals surface area contributed by atoms with E-state index in [0.717, 1.165) is 3.57 Å². The third-order valence-electron chi connectivity index (χ3n) is 2.48. The molecular formula is C13H12INOS. The van der Waals surface area contributed by atoms with Gasteiger partial charge < -0.3 is 5.32 Å². The Kier molecular flexibility index (Phi) is 4.17. The van der Waals surface area contributed by atoms with Gasteiger partial charge in [-0.25, -0.2) is 0 Å². The molecule has 0 atom stereocenters. The molecule has 2 aromatic rings. The zero-order valence-electron chi connectivity index (χ0n) is 9.37. The van der Waals surface area contributed by atoms with E-state index >= 15 is 0 Å². The minimum atomic E-state index is -0.0193. The molecule has 17 heavy (non-hydrogen) atoms. The molecule has 1 amide bonds. The first-order valence-corrected chi connectivity index (χ1v) is 7.19. The van der Waals surface area contributed by atoms with Crippen molar-refractivity contribution in [3.63, 3.8) is 0 Å². The average molecular weight is 357 g/mol. The highest BCUT2D eigenvalue weighted by atomic mass is 127. The maximum absolute atomic E-state index is 11.9. The van der Waals surface area contributed by atoms with Crippen LogP contribution in [0.5, 0.6) is 0 Å². The number of aryl methyl sites for hydroxylation is 1. The average Bonchev–Trinajstić information content (AvgIpc) is 2.73. The summed E-state index contributed by atoms with van der Waals surface area (Å²) in [7, 11) is 0. The lowest BCUT2D eigenvalue weighted by Gasteiger charge is -2.04. The van der Waals surface area contributed by atoms with E-state index in [1.807, 2.05) is 29.6 Å². The fourth-order valence-electron chi connectivity index (χ4n) is 1.45. The molecule has 88 valence electrons. The predicted molar refractivity (Wildman–Crippen MR) is 79.4 cm³/mol. The van der Waals surface area contributed by atoms with Crippen LogP contribution in [0.1, 0.15) is 20.8 Å². The summed E-state index contributed by atoms with van der Waals surface area (Å²) in [6, 6.07) is 9.63. The molecular weight excluding hydrogens is 345 g/mol. The molecule has 1 heterocycles. The van der Waals surface area contributed by atoms with Crippen molar-refractivity contribution >= 4 is 39.8 Å². The van der Waals surface area contributed by atoms with E-state index in [0.29, 0.717) is 12.1 Å². The highest BCUT2D eigenvalue weighted by Gasteiger charge is 2.06. The van der Waals surface area contributed by atoms with Gasteiger partial charge in [-0.2, -0.15) is 0 Å². The van der Waals surface area contributed by atoms with Crippen LogP contribution in [-0.2, 0) is 6.54 Å². The van der Waals surface area contributed by atoms with Crippen molar-refractivity contribution < 1.29 is 4.79 Å². The van der Waals surface area contributed by atoms with Gasteiger partial charge in [-0.15, -0.1) is 11.3 Å². The number of nitrogens with one attached hydrogen (secondary N) is 1. The Bertz CT molecular complexity index is 518. The third-order valence-corrected chi connectivity index (χ3v) is 4.23. The summed E-state index contributed by atoms with van der Waals surface area (Å²) < 4.78 is 1.13. The van der Waals surface area contributed by atoms with E-state index in [-0.39, 0.29) is 5.91 Å². The Morgan fingerprint density at radius 3 is 2.59 bits per heavy atom. The van der Waals surface area contributed by atoms with Gasteiger partial charge in [0.2, 0.25) is 0 Å². The second-order valence-electron chi connectivity index (χ2n) is 3.72. The van der Waals surface area contributed by atoms with Crippen LogP contribution in [0.15, 0.2) is 35.7 Å². The topological polar surface area (TPSA) is 29.1 Å². The molecule has 0 aliphatic carbocycles. The number of benzene rings is 1. The lowest BCUT2D eigenvalue weighted by Crippen LogP contribution is -2.22. The lowest BCUT2D eigenvalue weighted by molar-refractivity contribution is 0.0951. The molecule has 0 bridgehead atoms. The Morgan fingerprint density at radius 2 is 2.00 bits per heavy atom. The summed E-state index contributed by atoms with van der Waals surface area (Å²) >= 11 is 3.90. The second-order valence-corrected chi connectivity index (χ2v) is 5.96. The molecule has 0 saturated heterocycles. The van der Waals surface area contributed by atoms with Gasteiger partial charge in [0.25, 0.3) is 5.91 Å². The van der Waals surface area contributed by atoms with Crippen LogP contribution in [0.2, 0.25) is 0 Å². The minimum Gasteiger partial charge on any atom is -0.347 e. The molecule has 1 aromatic heterocycles. The lowest BCUT2D eigenvalue weighted by atomic mass is 10.2. The fourth-order valence-corrected chi connectivity index (χ4v) is 2.65. The van der Waals surface area contributed by atoms with Crippen molar-refractivity contribution in [2.24, 2.45) is 0 Å². The number of amides is 1. The van der Waals surface area contributed by atoms with Crippen molar-refractivity contribution in [1.82, 2.24) is 5.32 Å². The largest absolute Gasteiger partial charge is 0.347 e. The Labute approximate surface area is 118 Å². The first-order chi connectivity index (χ1) is 8.16. The Hall–Kier alpha value is -0.880. The quantitative estimate of drug-likeness (QED) is 0.836. The summed E-state index contributed by atoms with van der Waals surface area (Å²) in [6.07, 6.45) is 0. The molecule has 1 N–H and O–H groups in total. The monoisotopic (exact) mass is 357 g/mol. The molecule has 0 fully saturated rings. The van der Waals surface area contributed by atoms with E-state index in [1.165, 1.54) is 10.4 Å². The van der Waals surface area contributed by atoms with Gasteiger partial charge in [-0.3, -0.25) is 4.79 Å². The number of hydrogen-bond donors (Lipinski definition) is 1. The Morgan fingerprint density at radius 1 is 1.29 bits per heavy atom. The molecule has 1 aromatic carbocycles. The molecule has 4 heteroatoms. The van der Waals surface area contributed by atoms with Crippen LogP contribution < -0.4 is 5.32 Å². The first-order valence-electron chi connectivity index (χ1n) is 5.23. The number of hydrogen-bond acceptors (Lipinski definition) is 2. The van der Waals surface area contributed by atoms with Crippen LogP contribution in [-0.4, -0.2) is 5.91 Å². The maximum Gasteiger partial charge on any atom is 0.251 e. The molecule has 0 aliphatic heterocycles. The molecule has 0 aliphatic rings. The molecule has 0 spiro atoms. The number of rotatable bonds is 3. The fraction of sp³-hybridized carbons (Fsp3) is 0.154. The zero-order chi connectivity index (χ0) is 12.3. The maximum atomic E-state index is 11.9. The van der Waals surface area contributed by atoms with E-state index in [9.17, 15) is 4.79 Å². The SMILES string of the molecule is Cc1ccsc1CNC(=O)c1ccc(I)cc1. The van der Waals surface area contributed by atoms with E-state index < -0.39 is 0 Å². The number of carbonyl (C=O) groups is 1. The van der Waals surface area contributed by atoms with Gasteiger partial charge in [-0.1, -0.05) is 0 Å². The van der Waals surface area contributed by atoms with Gasteiger partial charge in [0.05, 0.1) is 6.54 Å². The highest BCUT2D eigenvalue weighted by molar-refractivity contribution is 14.1. The zero-order valence-corrected chi connectivity index (χ0v) is 12.3.